The standard InChI is InChI=1S/C19H27N5/c1-14-8-5-7-11-24(14)15(2)13-21-19-12-18(22-16(3)23-19)17-9-4-6-10-20-17/h4,6,9-10,12,14-15H,5,7-8,11,13H2,1-3H3,(H,21,22,23). The summed E-state index contributed by atoms with van der Waals surface area (Å²) in [6.45, 7) is 8.65. The molecule has 1 N–H and O–H groups in total. The monoisotopic (exact) mass is 325 g/mol. The molecule has 3 heterocycles. The number of aromatic nitrogens is 3. The Morgan fingerprint density at radius 1 is 1.25 bits per heavy atom. The second-order valence-electron chi connectivity index (χ2n) is 6.71. The van der Waals surface area contributed by atoms with Gasteiger partial charge in [0.05, 0.1) is 11.4 Å². The van der Waals surface area contributed by atoms with Crippen LogP contribution in [-0.2, 0) is 0 Å². The Morgan fingerprint density at radius 2 is 2.12 bits per heavy atom. The Hall–Kier alpha value is -2.01. The van der Waals surface area contributed by atoms with Gasteiger partial charge in [0.25, 0.3) is 0 Å². The fourth-order valence-corrected chi connectivity index (χ4v) is 3.45. The van der Waals surface area contributed by atoms with Crippen LogP contribution in [0.3, 0.4) is 0 Å². The summed E-state index contributed by atoms with van der Waals surface area (Å²) in [6.07, 6.45) is 5.77. The van der Waals surface area contributed by atoms with Crippen LogP contribution in [0.5, 0.6) is 0 Å². The second-order valence-corrected chi connectivity index (χ2v) is 6.71. The summed E-state index contributed by atoms with van der Waals surface area (Å²) in [5.74, 6) is 1.64. The summed E-state index contributed by atoms with van der Waals surface area (Å²) in [5, 5.41) is 3.49. The van der Waals surface area contributed by atoms with Gasteiger partial charge < -0.3 is 5.32 Å². The number of likely N-dealkylation sites (tertiary alicyclic amines) is 1. The molecule has 1 aliphatic heterocycles. The van der Waals surface area contributed by atoms with Gasteiger partial charge in [-0.15, -0.1) is 0 Å². The van der Waals surface area contributed by atoms with Crippen LogP contribution in [0.25, 0.3) is 11.4 Å². The van der Waals surface area contributed by atoms with E-state index < -0.39 is 0 Å². The molecule has 2 aromatic heterocycles. The summed E-state index contributed by atoms with van der Waals surface area (Å²) >= 11 is 0. The first kappa shape index (κ1) is 16.8. The fraction of sp³-hybridized carbons (Fsp3) is 0.526. The fourth-order valence-electron chi connectivity index (χ4n) is 3.45. The third-order valence-electron chi connectivity index (χ3n) is 4.76. The molecule has 1 fully saturated rings. The van der Waals surface area contributed by atoms with Gasteiger partial charge in [-0.1, -0.05) is 12.5 Å². The van der Waals surface area contributed by atoms with E-state index in [1.807, 2.05) is 31.2 Å². The molecule has 128 valence electrons. The quantitative estimate of drug-likeness (QED) is 0.911. The topological polar surface area (TPSA) is 53.9 Å². The maximum Gasteiger partial charge on any atom is 0.130 e. The van der Waals surface area contributed by atoms with E-state index in [-0.39, 0.29) is 0 Å². The zero-order valence-electron chi connectivity index (χ0n) is 14.9. The third-order valence-corrected chi connectivity index (χ3v) is 4.76. The summed E-state index contributed by atoms with van der Waals surface area (Å²) in [5.41, 5.74) is 1.74. The van der Waals surface area contributed by atoms with Crippen LogP contribution in [0.4, 0.5) is 5.82 Å². The minimum Gasteiger partial charge on any atom is -0.368 e. The number of piperidine rings is 1. The molecule has 0 radical (unpaired) electrons. The van der Waals surface area contributed by atoms with Crippen LogP contribution in [0.15, 0.2) is 30.5 Å². The number of rotatable bonds is 5. The van der Waals surface area contributed by atoms with Gasteiger partial charge in [-0.05, 0) is 52.3 Å². The normalized spacial score (nSPS) is 19.9. The average Bonchev–Trinajstić information content (AvgIpc) is 2.60. The molecule has 0 amide bonds. The lowest BCUT2D eigenvalue weighted by Gasteiger charge is -2.38. The van der Waals surface area contributed by atoms with Crippen LogP contribution < -0.4 is 5.32 Å². The molecule has 2 unspecified atom stereocenters. The molecule has 1 aliphatic rings. The smallest absolute Gasteiger partial charge is 0.130 e. The third kappa shape index (κ3) is 4.09. The largest absolute Gasteiger partial charge is 0.368 e. The number of aryl methyl sites for hydroxylation is 1. The van der Waals surface area contributed by atoms with E-state index in [4.69, 9.17) is 0 Å². The maximum atomic E-state index is 4.53. The second kappa shape index (κ2) is 7.71. The number of anilines is 1. The molecule has 5 nitrogen and oxygen atoms in total. The van der Waals surface area contributed by atoms with Crippen molar-refractivity contribution < 1.29 is 0 Å². The van der Waals surface area contributed by atoms with Gasteiger partial charge >= 0.3 is 0 Å². The van der Waals surface area contributed by atoms with Gasteiger partial charge in [-0.3, -0.25) is 9.88 Å². The lowest BCUT2D eigenvalue weighted by molar-refractivity contribution is 0.120. The van der Waals surface area contributed by atoms with Crippen molar-refractivity contribution in [2.75, 3.05) is 18.4 Å². The maximum absolute atomic E-state index is 4.53. The predicted octanol–water partition coefficient (Wildman–Crippen LogP) is 3.52. The summed E-state index contributed by atoms with van der Waals surface area (Å²) < 4.78 is 0. The van der Waals surface area contributed by atoms with E-state index in [1.165, 1.54) is 25.8 Å². The van der Waals surface area contributed by atoms with Gasteiger partial charge in [0.2, 0.25) is 0 Å². The van der Waals surface area contributed by atoms with Crippen molar-refractivity contribution in [2.24, 2.45) is 0 Å². The van der Waals surface area contributed by atoms with Crippen molar-refractivity contribution in [3.63, 3.8) is 0 Å². The Morgan fingerprint density at radius 3 is 2.88 bits per heavy atom. The van der Waals surface area contributed by atoms with Gasteiger partial charge in [0.15, 0.2) is 0 Å². The molecule has 5 heteroatoms. The molecule has 0 aliphatic carbocycles. The minimum atomic E-state index is 0.494. The molecule has 24 heavy (non-hydrogen) atoms. The van der Waals surface area contributed by atoms with E-state index in [0.29, 0.717) is 12.1 Å². The van der Waals surface area contributed by atoms with Crippen molar-refractivity contribution >= 4 is 5.82 Å². The molecule has 2 atom stereocenters. The Balaban J connectivity index is 1.68. The molecule has 0 bridgehead atoms. The van der Waals surface area contributed by atoms with E-state index in [9.17, 15) is 0 Å². The number of hydrogen-bond acceptors (Lipinski definition) is 5. The van der Waals surface area contributed by atoms with E-state index >= 15 is 0 Å². The summed E-state index contributed by atoms with van der Waals surface area (Å²) in [4.78, 5) is 16.0. The number of pyridine rings is 1. The van der Waals surface area contributed by atoms with Gasteiger partial charge in [0, 0.05) is 30.9 Å². The number of nitrogens with one attached hydrogen (secondary N) is 1. The van der Waals surface area contributed by atoms with Crippen molar-refractivity contribution in [3.8, 4) is 11.4 Å². The molecule has 1 saturated heterocycles. The highest BCUT2D eigenvalue weighted by Gasteiger charge is 2.22. The highest BCUT2D eigenvalue weighted by Crippen LogP contribution is 2.20. The average molecular weight is 325 g/mol. The number of hydrogen-bond donors (Lipinski definition) is 1. The highest BCUT2D eigenvalue weighted by atomic mass is 15.2. The van der Waals surface area contributed by atoms with Gasteiger partial charge in [0.1, 0.15) is 11.6 Å². The Labute approximate surface area is 144 Å². The van der Waals surface area contributed by atoms with Crippen LogP contribution in [-0.4, -0.2) is 45.0 Å². The lowest BCUT2D eigenvalue weighted by Crippen LogP contribution is -2.46. The summed E-state index contributed by atoms with van der Waals surface area (Å²) in [6, 6.07) is 9.02. The van der Waals surface area contributed by atoms with Crippen molar-refractivity contribution in [1.82, 2.24) is 19.9 Å². The van der Waals surface area contributed by atoms with E-state index in [1.54, 1.807) is 6.20 Å². The first-order valence-electron chi connectivity index (χ1n) is 8.90. The van der Waals surface area contributed by atoms with Gasteiger partial charge in [-0.2, -0.15) is 0 Å². The predicted molar refractivity (Wildman–Crippen MR) is 98.0 cm³/mol. The number of nitrogens with zero attached hydrogens (tertiary/aromatic N) is 4. The zero-order chi connectivity index (χ0) is 16.9. The summed E-state index contributed by atoms with van der Waals surface area (Å²) in [7, 11) is 0. The van der Waals surface area contributed by atoms with Crippen LogP contribution in [0.1, 0.15) is 38.9 Å². The highest BCUT2D eigenvalue weighted by molar-refractivity contribution is 5.58. The molecule has 0 aromatic carbocycles. The Bertz CT molecular complexity index is 658. The van der Waals surface area contributed by atoms with Crippen LogP contribution >= 0.6 is 0 Å². The molecular formula is C19H27N5. The Kier molecular flexibility index (Phi) is 5.41. The first-order chi connectivity index (χ1) is 11.6. The minimum absolute atomic E-state index is 0.494. The van der Waals surface area contributed by atoms with Crippen molar-refractivity contribution in [2.45, 2.75) is 52.1 Å². The first-order valence-corrected chi connectivity index (χ1v) is 8.90. The lowest BCUT2D eigenvalue weighted by atomic mass is 10.0. The van der Waals surface area contributed by atoms with Gasteiger partial charge in [-0.25, -0.2) is 9.97 Å². The van der Waals surface area contributed by atoms with Crippen LogP contribution in [0, 0.1) is 6.92 Å². The van der Waals surface area contributed by atoms with E-state index in [0.717, 1.165) is 29.6 Å². The molecule has 0 spiro atoms. The zero-order valence-corrected chi connectivity index (χ0v) is 14.9. The van der Waals surface area contributed by atoms with Crippen molar-refractivity contribution in [3.05, 3.63) is 36.3 Å². The van der Waals surface area contributed by atoms with E-state index in [2.05, 4.69) is 39.0 Å². The molecule has 0 saturated carbocycles. The van der Waals surface area contributed by atoms with Crippen LogP contribution in [0.2, 0.25) is 0 Å². The molecular weight excluding hydrogens is 298 g/mol. The molecule has 2 aromatic rings. The molecule has 3 rings (SSSR count). The SMILES string of the molecule is Cc1nc(NCC(C)N2CCCCC2C)cc(-c2ccccn2)n1. The van der Waals surface area contributed by atoms with Crippen molar-refractivity contribution in [1.29, 1.82) is 0 Å².